The minimum atomic E-state index is -0.00450. The number of benzene rings is 1. The molecule has 122 valence electrons. The Balaban J connectivity index is 1.69. The maximum Gasteiger partial charge on any atom is 0.320 e. The molecule has 1 aromatic heterocycles. The largest absolute Gasteiger partial charge is 0.378 e. The molecule has 1 fully saturated rings. The maximum absolute atomic E-state index is 12.5. The summed E-state index contributed by atoms with van der Waals surface area (Å²) in [5, 5.41) is 4.11. The zero-order valence-electron chi connectivity index (χ0n) is 13.4. The number of hydrogen-bond donors (Lipinski definition) is 0. The number of morpholine rings is 1. The van der Waals surface area contributed by atoms with Crippen LogP contribution in [0, 0.1) is 0 Å². The van der Waals surface area contributed by atoms with Gasteiger partial charge in [-0.3, -0.25) is 0 Å². The lowest BCUT2D eigenvalue weighted by Gasteiger charge is -2.34. The summed E-state index contributed by atoms with van der Waals surface area (Å²) in [6.45, 7) is 4.56. The number of urea groups is 1. The highest BCUT2D eigenvalue weighted by Crippen LogP contribution is 2.21. The molecule has 1 atom stereocenters. The molecule has 23 heavy (non-hydrogen) atoms. The number of amides is 2. The second kappa shape index (κ2) is 6.78. The molecule has 0 unspecified atom stereocenters. The average molecular weight is 315 g/mol. The number of ether oxygens (including phenoxy) is 1. The highest BCUT2D eigenvalue weighted by Gasteiger charge is 2.24. The van der Waals surface area contributed by atoms with E-state index in [0.717, 1.165) is 11.3 Å². The molecule has 0 N–H and O–H groups in total. The van der Waals surface area contributed by atoms with Gasteiger partial charge in [0.1, 0.15) is 12.7 Å². The second-order valence-electron chi connectivity index (χ2n) is 5.60. The summed E-state index contributed by atoms with van der Waals surface area (Å²) >= 11 is 0. The average Bonchev–Trinajstić information content (AvgIpc) is 3.15. The normalized spacial score (nSPS) is 16.2. The predicted molar refractivity (Wildman–Crippen MR) is 85.3 cm³/mol. The Bertz CT molecular complexity index is 635. The third-order valence-electron chi connectivity index (χ3n) is 4.22. The summed E-state index contributed by atoms with van der Waals surface area (Å²) in [6, 6.07) is 8.03. The topological polar surface area (TPSA) is 63.5 Å². The van der Waals surface area contributed by atoms with Gasteiger partial charge in [-0.1, -0.05) is 12.1 Å². The summed E-state index contributed by atoms with van der Waals surface area (Å²) in [4.78, 5) is 20.1. The van der Waals surface area contributed by atoms with Crippen LogP contribution in [0.2, 0.25) is 0 Å². The van der Waals surface area contributed by atoms with Gasteiger partial charge in [-0.25, -0.2) is 14.5 Å². The van der Waals surface area contributed by atoms with Gasteiger partial charge in [0.25, 0.3) is 0 Å². The van der Waals surface area contributed by atoms with Crippen LogP contribution in [0.3, 0.4) is 0 Å². The van der Waals surface area contributed by atoms with Crippen LogP contribution in [0.5, 0.6) is 0 Å². The quantitative estimate of drug-likeness (QED) is 0.865. The summed E-state index contributed by atoms with van der Waals surface area (Å²) in [6.07, 6.45) is 3.16. The van der Waals surface area contributed by atoms with Gasteiger partial charge in [-0.2, -0.15) is 5.10 Å². The Kier molecular flexibility index (Phi) is 4.57. The molecule has 7 heteroatoms. The fraction of sp³-hybridized carbons (Fsp3) is 0.438. The lowest BCUT2D eigenvalue weighted by molar-refractivity contribution is 0.0426. The summed E-state index contributed by atoms with van der Waals surface area (Å²) in [5.41, 5.74) is 2.03. The van der Waals surface area contributed by atoms with Crippen molar-refractivity contribution in [3.05, 3.63) is 42.5 Å². The van der Waals surface area contributed by atoms with Gasteiger partial charge in [0.05, 0.1) is 24.9 Å². The van der Waals surface area contributed by atoms with Crippen LogP contribution >= 0.6 is 0 Å². The number of hydrogen-bond acceptors (Lipinski definition) is 4. The summed E-state index contributed by atoms with van der Waals surface area (Å²) < 4.78 is 7.00. The van der Waals surface area contributed by atoms with E-state index in [1.165, 1.54) is 6.33 Å². The van der Waals surface area contributed by atoms with E-state index in [4.69, 9.17) is 4.74 Å². The molecule has 1 saturated heterocycles. The van der Waals surface area contributed by atoms with Crippen molar-refractivity contribution < 1.29 is 9.53 Å². The molecule has 0 bridgehead atoms. The third-order valence-corrected chi connectivity index (χ3v) is 4.22. The SMILES string of the molecule is C[C@H](c1ccc(-n2cncn2)cc1)N(C)C(=O)N1CCOCC1. The molecular formula is C16H21N5O2. The highest BCUT2D eigenvalue weighted by atomic mass is 16.5. The van der Waals surface area contributed by atoms with Crippen LogP contribution in [0.15, 0.2) is 36.9 Å². The fourth-order valence-electron chi connectivity index (χ4n) is 2.61. The van der Waals surface area contributed by atoms with E-state index in [0.29, 0.717) is 26.3 Å². The van der Waals surface area contributed by atoms with Crippen LogP contribution in [-0.4, -0.2) is 63.9 Å². The predicted octanol–water partition coefficient (Wildman–Crippen LogP) is 1.71. The summed E-state index contributed by atoms with van der Waals surface area (Å²) in [5.74, 6) is 0. The van der Waals surface area contributed by atoms with Crippen LogP contribution in [0.4, 0.5) is 4.79 Å². The van der Waals surface area contributed by atoms with Crippen LogP contribution in [0.1, 0.15) is 18.5 Å². The Labute approximate surface area is 135 Å². The van der Waals surface area contributed by atoms with E-state index in [2.05, 4.69) is 10.1 Å². The third kappa shape index (κ3) is 3.34. The van der Waals surface area contributed by atoms with Crippen molar-refractivity contribution in [2.45, 2.75) is 13.0 Å². The molecule has 2 aromatic rings. The zero-order chi connectivity index (χ0) is 16.2. The van der Waals surface area contributed by atoms with Crippen LogP contribution in [-0.2, 0) is 4.74 Å². The van der Waals surface area contributed by atoms with Crippen LogP contribution in [0.25, 0.3) is 5.69 Å². The molecule has 0 radical (unpaired) electrons. The van der Waals surface area contributed by atoms with Gasteiger partial charge < -0.3 is 14.5 Å². The number of carbonyl (C=O) groups is 1. The minimum Gasteiger partial charge on any atom is -0.378 e. The van der Waals surface area contributed by atoms with Gasteiger partial charge in [-0.05, 0) is 24.6 Å². The van der Waals surface area contributed by atoms with Crippen molar-refractivity contribution in [3.8, 4) is 5.69 Å². The number of nitrogens with zero attached hydrogens (tertiary/aromatic N) is 5. The lowest BCUT2D eigenvalue weighted by Crippen LogP contribution is -2.47. The zero-order valence-corrected chi connectivity index (χ0v) is 13.4. The van der Waals surface area contributed by atoms with E-state index in [1.807, 2.05) is 43.1 Å². The van der Waals surface area contributed by atoms with E-state index >= 15 is 0 Å². The van der Waals surface area contributed by atoms with Crippen molar-refractivity contribution >= 4 is 6.03 Å². The minimum absolute atomic E-state index is 0.00450. The number of carbonyl (C=O) groups excluding carboxylic acids is 1. The summed E-state index contributed by atoms with van der Waals surface area (Å²) in [7, 11) is 1.84. The fourth-order valence-corrected chi connectivity index (χ4v) is 2.61. The molecule has 3 rings (SSSR count). The van der Waals surface area contributed by atoms with Gasteiger partial charge in [0.2, 0.25) is 0 Å². The molecule has 1 aliphatic rings. The Morgan fingerprint density at radius 2 is 1.96 bits per heavy atom. The smallest absolute Gasteiger partial charge is 0.320 e. The van der Waals surface area contributed by atoms with Crippen molar-refractivity contribution in [2.75, 3.05) is 33.4 Å². The van der Waals surface area contributed by atoms with Gasteiger partial charge in [-0.15, -0.1) is 0 Å². The molecule has 0 aliphatic carbocycles. The van der Waals surface area contributed by atoms with Gasteiger partial charge in [0.15, 0.2) is 0 Å². The first-order chi connectivity index (χ1) is 11.2. The Morgan fingerprint density at radius 3 is 2.57 bits per heavy atom. The Hall–Kier alpha value is -2.41. The molecular weight excluding hydrogens is 294 g/mol. The number of aromatic nitrogens is 3. The van der Waals surface area contributed by atoms with E-state index in [9.17, 15) is 4.79 Å². The van der Waals surface area contributed by atoms with E-state index < -0.39 is 0 Å². The molecule has 0 spiro atoms. The van der Waals surface area contributed by atoms with Crippen molar-refractivity contribution in [1.29, 1.82) is 0 Å². The first kappa shape index (κ1) is 15.5. The molecule has 0 saturated carbocycles. The van der Waals surface area contributed by atoms with Crippen molar-refractivity contribution in [3.63, 3.8) is 0 Å². The molecule has 1 aromatic carbocycles. The van der Waals surface area contributed by atoms with Gasteiger partial charge >= 0.3 is 6.03 Å². The molecule has 1 aliphatic heterocycles. The van der Waals surface area contributed by atoms with Gasteiger partial charge in [0, 0.05) is 20.1 Å². The first-order valence-electron chi connectivity index (χ1n) is 7.71. The number of rotatable bonds is 3. The maximum atomic E-state index is 12.5. The molecule has 2 heterocycles. The first-order valence-corrected chi connectivity index (χ1v) is 7.71. The van der Waals surface area contributed by atoms with Crippen LogP contribution < -0.4 is 0 Å². The van der Waals surface area contributed by atoms with E-state index in [-0.39, 0.29) is 12.1 Å². The second-order valence-corrected chi connectivity index (χ2v) is 5.60. The van der Waals surface area contributed by atoms with Crippen molar-refractivity contribution in [1.82, 2.24) is 24.6 Å². The Morgan fingerprint density at radius 1 is 1.26 bits per heavy atom. The monoisotopic (exact) mass is 315 g/mol. The standard InChI is InChI=1S/C16H21N5O2/c1-13(19(2)16(22)20-7-9-23-10-8-20)14-3-5-15(6-4-14)21-12-17-11-18-21/h3-6,11-13H,7-10H2,1-2H3/t13-/m1/s1. The molecule has 2 amide bonds. The van der Waals surface area contributed by atoms with Crippen molar-refractivity contribution in [2.24, 2.45) is 0 Å². The van der Waals surface area contributed by atoms with E-state index in [1.54, 1.807) is 15.9 Å². The lowest BCUT2D eigenvalue weighted by atomic mass is 10.1. The highest BCUT2D eigenvalue weighted by molar-refractivity contribution is 5.74. The molecule has 7 nitrogen and oxygen atoms in total.